The molecule has 2 heteroatoms. The summed E-state index contributed by atoms with van der Waals surface area (Å²) in [5.41, 5.74) is -0.204. The van der Waals surface area contributed by atoms with Crippen LogP contribution in [0, 0.1) is 0 Å². The van der Waals surface area contributed by atoms with Crippen LogP contribution < -0.4 is 0 Å². The molecule has 0 aliphatic carbocycles. The van der Waals surface area contributed by atoms with E-state index in [1.54, 1.807) is 6.08 Å². The molecule has 0 aromatic heterocycles. The van der Waals surface area contributed by atoms with Gasteiger partial charge in [-0.1, -0.05) is 6.08 Å². The van der Waals surface area contributed by atoms with Gasteiger partial charge in [0.15, 0.2) is 0 Å². The average molecular weight is 140 g/mol. The lowest BCUT2D eigenvalue weighted by Crippen LogP contribution is -2.11. The van der Waals surface area contributed by atoms with E-state index in [2.05, 4.69) is 16.8 Å². The van der Waals surface area contributed by atoms with E-state index in [-0.39, 0.29) is 11.6 Å². The minimum atomic E-state index is -0.204. The largest absolute Gasteiger partial charge is 0.191 e. The molecule has 0 atom stereocenters. The van der Waals surface area contributed by atoms with Crippen LogP contribution >= 0.6 is 0 Å². The summed E-state index contributed by atoms with van der Waals surface area (Å²) < 4.78 is 0. The van der Waals surface area contributed by atoms with E-state index in [1.165, 1.54) is 0 Å². The van der Waals surface area contributed by atoms with Gasteiger partial charge in [0.2, 0.25) is 0 Å². The van der Waals surface area contributed by atoms with Crippen molar-refractivity contribution in [1.82, 2.24) is 0 Å². The van der Waals surface area contributed by atoms with Gasteiger partial charge in [0.25, 0.3) is 0 Å². The smallest absolute Gasteiger partial charge is 0.0937 e. The third-order valence-electron chi connectivity index (χ3n) is 1.05. The van der Waals surface area contributed by atoms with Crippen molar-refractivity contribution in [2.45, 2.75) is 39.3 Å². The zero-order valence-corrected chi connectivity index (χ0v) is 7.26. The summed E-state index contributed by atoms with van der Waals surface area (Å²) >= 11 is 0. The van der Waals surface area contributed by atoms with Crippen molar-refractivity contribution in [1.29, 1.82) is 0 Å². The van der Waals surface area contributed by atoms with E-state index in [9.17, 15) is 0 Å². The van der Waals surface area contributed by atoms with E-state index in [0.717, 1.165) is 0 Å². The summed E-state index contributed by atoms with van der Waals surface area (Å²) in [4.78, 5) is 0. The summed E-state index contributed by atoms with van der Waals surface area (Å²) in [6.45, 7) is 11.6. The molecule has 0 N–H and O–H groups in total. The van der Waals surface area contributed by atoms with Crippen LogP contribution in [0.15, 0.2) is 22.9 Å². The maximum atomic E-state index is 4.08. The van der Waals surface area contributed by atoms with E-state index in [1.807, 2.05) is 27.7 Å². The van der Waals surface area contributed by atoms with Gasteiger partial charge in [-0.3, -0.25) is 0 Å². The first kappa shape index (κ1) is 9.34. The van der Waals surface area contributed by atoms with Crippen LogP contribution in [0.3, 0.4) is 0 Å². The quantitative estimate of drug-likeness (QED) is 0.425. The Morgan fingerprint density at radius 2 is 1.90 bits per heavy atom. The highest BCUT2D eigenvalue weighted by Gasteiger charge is 2.09. The van der Waals surface area contributed by atoms with Crippen molar-refractivity contribution in [3.05, 3.63) is 12.7 Å². The van der Waals surface area contributed by atoms with Gasteiger partial charge in [-0.25, -0.2) is 0 Å². The minimum absolute atomic E-state index is 0.204. The predicted molar refractivity (Wildman–Crippen MR) is 44.3 cm³/mol. The van der Waals surface area contributed by atoms with Crippen LogP contribution in [0.4, 0.5) is 0 Å². The molecule has 0 aliphatic rings. The molecule has 0 aromatic rings. The second-order valence-electron chi connectivity index (χ2n) is 3.17. The molecular formula is C8H16N2. The van der Waals surface area contributed by atoms with Gasteiger partial charge < -0.3 is 0 Å². The standard InChI is InChI=1S/C8H16N2/c1-6-8(4,5)10-9-7(2)3/h6-7H,1H2,2-5H3. The molecule has 58 valence electrons. The number of azo groups is 1. The molecule has 0 heterocycles. The maximum absolute atomic E-state index is 4.08. The molecule has 0 radical (unpaired) electrons. The van der Waals surface area contributed by atoms with Crippen LogP contribution in [0.1, 0.15) is 27.7 Å². The van der Waals surface area contributed by atoms with Crippen molar-refractivity contribution in [2.75, 3.05) is 0 Å². The summed E-state index contributed by atoms with van der Waals surface area (Å²) in [5.74, 6) is 0. The van der Waals surface area contributed by atoms with Gasteiger partial charge in [-0.2, -0.15) is 10.2 Å². The second-order valence-corrected chi connectivity index (χ2v) is 3.17. The lowest BCUT2D eigenvalue weighted by molar-refractivity contribution is 0.578. The van der Waals surface area contributed by atoms with E-state index in [4.69, 9.17) is 0 Å². The van der Waals surface area contributed by atoms with Gasteiger partial charge in [-0.15, -0.1) is 6.58 Å². The molecule has 0 aromatic carbocycles. The van der Waals surface area contributed by atoms with Crippen molar-refractivity contribution in [3.63, 3.8) is 0 Å². The first-order valence-corrected chi connectivity index (χ1v) is 3.53. The van der Waals surface area contributed by atoms with Crippen LogP contribution in [-0.4, -0.2) is 11.6 Å². The Bertz CT molecular complexity index is 134. The molecule has 0 unspecified atom stereocenters. The van der Waals surface area contributed by atoms with E-state index >= 15 is 0 Å². The molecule has 10 heavy (non-hydrogen) atoms. The Kier molecular flexibility index (Phi) is 3.26. The molecule has 0 fully saturated rings. The molecule has 0 aliphatic heterocycles. The monoisotopic (exact) mass is 140 g/mol. The van der Waals surface area contributed by atoms with Crippen molar-refractivity contribution in [3.8, 4) is 0 Å². The Labute approximate surface area is 63.1 Å². The van der Waals surface area contributed by atoms with Gasteiger partial charge in [-0.05, 0) is 27.7 Å². The minimum Gasteiger partial charge on any atom is -0.191 e. The average Bonchev–Trinajstić information content (AvgIpc) is 1.85. The second kappa shape index (κ2) is 3.49. The molecule has 0 saturated heterocycles. The Hall–Kier alpha value is -0.660. The van der Waals surface area contributed by atoms with Crippen molar-refractivity contribution < 1.29 is 0 Å². The maximum Gasteiger partial charge on any atom is 0.0937 e. The SMILES string of the molecule is C=CC(C)(C)N=NC(C)C. The van der Waals surface area contributed by atoms with Crippen LogP contribution in [0.2, 0.25) is 0 Å². The van der Waals surface area contributed by atoms with E-state index in [0.29, 0.717) is 0 Å². The summed E-state index contributed by atoms with van der Waals surface area (Å²) in [6, 6.07) is 0.277. The fourth-order valence-corrected chi connectivity index (χ4v) is 0.305. The van der Waals surface area contributed by atoms with Gasteiger partial charge >= 0.3 is 0 Å². The zero-order valence-electron chi connectivity index (χ0n) is 7.26. The first-order chi connectivity index (χ1) is 4.48. The highest BCUT2D eigenvalue weighted by atomic mass is 15.1. The third-order valence-corrected chi connectivity index (χ3v) is 1.05. The normalized spacial score (nSPS) is 12.9. The van der Waals surface area contributed by atoms with Gasteiger partial charge in [0, 0.05) is 0 Å². The molecule has 2 nitrogen and oxygen atoms in total. The van der Waals surface area contributed by atoms with Crippen molar-refractivity contribution in [2.24, 2.45) is 10.2 Å². The lowest BCUT2D eigenvalue weighted by Gasteiger charge is -2.11. The number of nitrogens with zero attached hydrogens (tertiary/aromatic N) is 2. The first-order valence-electron chi connectivity index (χ1n) is 3.53. The fraction of sp³-hybridized carbons (Fsp3) is 0.750. The zero-order chi connectivity index (χ0) is 8.20. The van der Waals surface area contributed by atoms with Gasteiger partial charge in [0.1, 0.15) is 0 Å². The topological polar surface area (TPSA) is 24.7 Å². The predicted octanol–water partition coefficient (Wildman–Crippen LogP) is 2.81. The number of hydrogen-bond donors (Lipinski definition) is 0. The van der Waals surface area contributed by atoms with Gasteiger partial charge in [0.05, 0.1) is 11.6 Å². The van der Waals surface area contributed by atoms with E-state index < -0.39 is 0 Å². The number of hydrogen-bond acceptors (Lipinski definition) is 2. The number of rotatable bonds is 3. The molecular weight excluding hydrogens is 124 g/mol. The Morgan fingerprint density at radius 1 is 1.40 bits per heavy atom. The molecule has 0 spiro atoms. The van der Waals surface area contributed by atoms with Crippen LogP contribution in [-0.2, 0) is 0 Å². The third kappa shape index (κ3) is 4.24. The highest BCUT2D eigenvalue weighted by Crippen LogP contribution is 2.10. The summed E-state index contributed by atoms with van der Waals surface area (Å²) in [5, 5.41) is 8.10. The Morgan fingerprint density at radius 3 is 2.20 bits per heavy atom. The summed E-state index contributed by atoms with van der Waals surface area (Å²) in [7, 11) is 0. The molecule has 0 saturated carbocycles. The highest BCUT2D eigenvalue weighted by molar-refractivity contribution is 4.94. The van der Waals surface area contributed by atoms with Crippen LogP contribution in [0.25, 0.3) is 0 Å². The molecule has 0 bridgehead atoms. The van der Waals surface area contributed by atoms with Crippen LogP contribution in [0.5, 0.6) is 0 Å². The fourth-order valence-electron chi connectivity index (χ4n) is 0.305. The lowest BCUT2D eigenvalue weighted by atomic mass is 10.1. The Balaban J connectivity index is 3.98. The van der Waals surface area contributed by atoms with Crippen molar-refractivity contribution >= 4 is 0 Å². The molecule has 0 amide bonds. The molecule has 0 rings (SSSR count). The summed E-state index contributed by atoms with van der Waals surface area (Å²) in [6.07, 6.45) is 1.79.